The first-order valence-corrected chi connectivity index (χ1v) is 11.6. The highest BCUT2D eigenvalue weighted by Gasteiger charge is 2.23. The van der Waals surface area contributed by atoms with Crippen LogP contribution in [0.1, 0.15) is 16.8 Å². The van der Waals surface area contributed by atoms with E-state index in [4.69, 9.17) is 37.7 Å². The molecule has 1 aromatic heterocycles. The number of hydrogen-bond donors (Lipinski definition) is 0. The van der Waals surface area contributed by atoms with Crippen LogP contribution < -0.4 is 9.64 Å². The van der Waals surface area contributed by atoms with Crippen LogP contribution in [0.5, 0.6) is 5.75 Å². The van der Waals surface area contributed by atoms with E-state index in [-0.39, 0.29) is 5.91 Å². The van der Waals surface area contributed by atoms with E-state index in [9.17, 15) is 4.79 Å². The number of hydrogen-bond acceptors (Lipinski definition) is 6. The number of anilines is 1. The number of thiazole rings is 1. The Balaban J connectivity index is 1.60. The molecule has 1 amide bonds. The van der Waals surface area contributed by atoms with E-state index in [0.717, 1.165) is 55.2 Å². The average Bonchev–Trinajstić information content (AvgIpc) is 3.19. The van der Waals surface area contributed by atoms with Crippen LogP contribution >= 0.6 is 34.5 Å². The van der Waals surface area contributed by atoms with E-state index in [1.54, 1.807) is 30.2 Å². The first-order valence-electron chi connectivity index (χ1n) is 10.1. The number of carbonyl (C=O) groups excluding carboxylic acids is 1. The minimum absolute atomic E-state index is 0.169. The number of rotatable bonds is 7. The third-order valence-electron chi connectivity index (χ3n) is 5.13. The molecule has 1 aliphatic rings. The molecule has 1 aliphatic heterocycles. The lowest BCUT2D eigenvalue weighted by Gasteiger charge is -2.27. The molecular weight excluding hydrogens is 457 g/mol. The van der Waals surface area contributed by atoms with Crippen LogP contribution in [0.4, 0.5) is 5.13 Å². The fourth-order valence-corrected chi connectivity index (χ4v) is 5.07. The highest BCUT2D eigenvalue weighted by Crippen LogP contribution is 2.33. The number of benzene rings is 2. The minimum Gasteiger partial charge on any atom is -0.497 e. The van der Waals surface area contributed by atoms with Gasteiger partial charge in [-0.1, -0.05) is 34.5 Å². The Labute approximate surface area is 195 Å². The van der Waals surface area contributed by atoms with Gasteiger partial charge in [0.05, 0.1) is 30.5 Å². The van der Waals surface area contributed by atoms with Gasteiger partial charge in [-0.25, -0.2) is 4.98 Å². The molecule has 3 aromatic rings. The molecule has 164 valence electrons. The predicted octanol–water partition coefficient (Wildman–Crippen LogP) is 4.98. The molecule has 0 radical (unpaired) electrons. The van der Waals surface area contributed by atoms with Gasteiger partial charge in [0.25, 0.3) is 5.91 Å². The Bertz CT molecular complexity index is 1050. The first-order chi connectivity index (χ1) is 15.0. The highest BCUT2D eigenvalue weighted by molar-refractivity contribution is 7.22. The molecule has 2 heterocycles. The Morgan fingerprint density at radius 1 is 1.19 bits per heavy atom. The van der Waals surface area contributed by atoms with Crippen LogP contribution in [0.25, 0.3) is 10.2 Å². The Hall–Kier alpha value is -1.90. The van der Waals surface area contributed by atoms with E-state index in [1.807, 2.05) is 18.2 Å². The summed E-state index contributed by atoms with van der Waals surface area (Å²) in [5, 5.41) is 1.50. The zero-order valence-electron chi connectivity index (χ0n) is 17.1. The molecule has 0 atom stereocenters. The molecule has 4 rings (SSSR count). The maximum Gasteiger partial charge on any atom is 0.260 e. The van der Waals surface area contributed by atoms with Gasteiger partial charge in [0.1, 0.15) is 5.75 Å². The van der Waals surface area contributed by atoms with Crippen molar-refractivity contribution in [3.63, 3.8) is 0 Å². The second kappa shape index (κ2) is 10.1. The summed E-state index contributed by atoms with van der Waals surface area (Å²) in [6.07, 6.45) is 0.819. The molecule has 9 heteroatoms. The topological polar surface area (TPSA) is 54.9 Å². The summed E-state index contributed by atoms with van der Waals surface area (Å²) in [6, 6.07) is 10.6. The Morgan fingerprint density at radius 3 is 2.65 bits per heavy atom. The third-order valence-corrected chi connectivity index (χ3v) is 6.61. The number of carbonyl (C=O) groups is 1. The summed E-state index contributed by atoms with van der Waals surface area (Å²) < 4.78 is 11.7. The van der Waals surface area contributed by atoms with Gasteiger partial charge in [0.15, 0.2) is 5.13 Å². The van der Waals surface area contributed by atoms with Crippen molar-refractivity contribution in [2.24, 2.45) is 0 Å². The van der Waals surface area contributed by atoms with Gasteiger partial charge in [0.2, 0.25) is 0 Å². The molecular formula is C22H23Cl2N3O3S. The van der Waals surface area contributed by atoms with Crippen LogP contribution in [0.15, 0.2) is 36.4 Å². The zero-order valence-corrected chi connectivity index (χ0v) is 19.5. The second-order valence-electron chi connectivity index (χ2n) is 7.25. The minimum atomic E-state index is -0.169. The summed E-state index contributed by atoms with van der Waals surface area (Å²) in [7, 11) is 1.63. The van der Waals surface area contributed by atoms with Gasteiger partial charge < -0.3 is 9.47 Å². The molecule has 6 nitrogen and oxygen atoms in total. The van der Waals surface area contributed by atoms with Crippen molar-refractivity contribution in [3.05, 3.63) is 52.0 Å². The lowest BCUT2D eigenvalue weighted by molar-refractivity contribution is 0.0376. The summed E-state index contributed by atoms with van der Waals surface area (Å²) in [4.78, 5) is 22.2. The van der Waals surface area contributed by atoms with Gasteiger partial charge in [0, 0.05) is 41.8 Å². The molecule has 0 saturated carbocycles. The van der Waals surface area contributed by atoms with Gasteiger partial charge in [-0.05, 0) is 42.8 Å². The molecule has 2 aromatic carbocycles. The van der Waals surface area contributed by atoms with E-state index < -0.39 is 0 Å². The van der Waals surface area contributed by atoms with Crippen molar-refractivity contribution in [1.29, 1.82) is 0 Å². The van der Waals surface area contributed by atoms with Gasteiger partial charge in [-0.15, -0.1) is 0 Å². The summed E-state index contributed by atoms with van der Waals surface area (Å²) in [5.41, 5.74) is 1.27. The predicted molar refractivity (Wildman–Crippen MR) is 126 cm³/mol. The van der Waals surface area contributed by atoms with Gasteiger partial charge in [-0.2, -0.15) is 0 Å². The number of nitrogens with zero attached hydrogens (tertiary/aromatic N) is 3. The van der Waals surface area contributed by atoms with Crippen molar-refractivity contribution in [1.82, 2.24) is 9.88 Å². The van der Waals surface area contributed by atoms with Crippen molar-refractivity contribution in [2.45, 2.75) is 6.42 Å². The average molecular weight is 480 g/mol. The number of ether oxygens (including phenoxy) is 2. The van der Waals surface area contributed by atoms with Crippen LogP contribution in [0.3, 0.4) is 0 Å². The number of methoxy groups -OCH3 is 1. The first kappa shape index (κ1) is 22.3. The summed E-state index contributed by atoms with van der Waals surface area (Å²) in [6.45, 7) is 4.77. The molecule has 0 N–H and O–H groups in total. The van der Waals surface area contributed by atoms with Crippen LogP contribution in [-0.4, -0.2) is 62.3 Å². The monoisotopic (exact) mass is 479 g/mol. The number of morpholine rings is 1. The SMILES string of the molecule is COc1ccc2nc(N(CCCN3CCOCC3)C(=O)c3cc(Cl)cc(Cl)c3)sc2c1. The molecule has 1 saturated heterocycles. The quantitative estimate of drug-likeness (QED) is 0.478. The van der Waals surface area contributed by atoms with Crippen molar-refractivity contribution < 1.29 is 14.3 Å². The smallest absolute Gasteiger partial charge is 0.260 e. The molecule has 0 spiro atoms. The van der Waals surface area contributed by atoms with Gasteiger partial charge >= 0.3 is 0 Å². The van der Waals surface area contributed by atoms with E-state index in [1.165, 1.54) is 11.3 Å². The molecule has 0 bridgehead atoms. The normalized spacial score (nSPS) is 14.7. The van der Waals surface area contributed by atoms with Crippen LogP contribution in [0, 0.1) is 0 Å². The highest BCUT2D eigenvalue weighted by atomic mass is 35.5. The van der Waals surface area contributed by atoms with Crippen molar-refractivity contribution in [3.8, 4) is 5.75 Å². The van der Waals surface area contributed by atoms with Crippen molar-refractivity contribution in [2.75, 3.05) is 51.4 Å². The molecule has 0 unspecified atom stereocenters. The lowest BCUT2D eigenvalue weighted by atomic mass is 10.2. The van der Waals surface area contributed by atoms with Crippen molar-refractivity contribution >= 4 is 55.8 Å². The molecule has 1 fully saturated rings. The Kier molecular flexibility index (Phi) is 7.30. The van der Waals surface area contributed by atoms with E-state index >= 15 is 0 Å². The number of aromatic nitrogens is 1. The van der Waals surface area contributed by atoms with Gasteiger partial charge in [-0.3, -0.25) is 14.6 Å². The zero-order chi connectivity index (χ0) is 21.8. The maximum absolute atomic E-state index is 13.4. The largest absolute Gasteiger partial charge is 0.497 e. The maximum atomic E-state index is 13.4. The number of halogens is 2. The summed E-state index contributed by atoms with van der Waals surface area (Å²) in [5.74, 6) is 0.590. The Morgan fingerprint density at radius 2 is 1.94 bits per heavy atom. The van der Waals surface area contributed by atoms with E-state index in [2.05, 4.69) is 4.90 Å². The third kappa shape index (κ3) is 5.48. The van der Waals surface area contributed by atoms with Crippen LogP contribution in [-0.2, 0) is 4.74 Å². The fourth-order valence-electron chi connectivity index (χ4n) is 3.53. The second-order valence-corrected chi connectivity index (χ2v) is 9.13. The fraction of sp³-hybridized carbons (Fsp3) is 0.364. The van der Waals surface area contributed by atoms with Crippen LogP contribution in [0.2, 0.25) is 10.0 Å². The van der Waals surface area contributed by atoms with E-state index in [0.29, 0.717) is 27.3 Å². The number of amides is 1. The standard InChI is InChI=1S/C22H23Cl2N3O3S/c1-29-18-3-4-19-20(14-18)31-22(25-19)27(6-2-5-26-7-9-30-10-8-26)21(28)15-11-16(23)13-17(24)12-15/h3-4,11-14H,2,5-10H2,1H3. The molecule has 0 aliphatic carbocycles. The molecule has 31 heavy (non-hydrogen) atoms. The number of fused-ring (bicyclic) bond motifs is 1. The lowest BCUT2D eigenvalue weighted by Crippen LogP contribution is -2.39. The summed E-state index contributed by atoms with van der Waals surface area (Å²) >= 11 is 13.8.